The van der Waals surface area contributed by atoms with Crippen LogP contribution in [0.5, 0.6) is 0 Å². The third-order valence-electron chi connectivity index (χ3n) is 6.31. The van der Waals surface area contributed by atoms with Gasteiger partial charge in [0.05, 0.1) is 11.6 Å². The number of hydrogen-bond acceptors (Lipinski definition) is 6. The van der Waals surface area contributed by atoms with Crippen molar-refractivity contribution < 1.29 is 13.2 Å². The van der Waals surface area contributed by atoms with Gasteiger partial charge in [-0.05, 0) is 36.4 Å². The van der Waals surface area contributed by atoms with E-state index in [0.717, 1.165) is 43.8 Å². The van der Waals surface area contributed by atoms with Crippen molar-refractivity contribution in [3.05, 3.63) is 53.8 Å². The predicted molar refractivity (Wildman–Crippen MR) is 123 cm³/mol. The van der Waals surface area contributed by atoms with Crippen LogP contribution in [0.1, 0.15) is 18.5 Å². The molecule has 8 nitrogen and oxygen atoms in total. The first-order chi connectivity index (χ1) is 15.5. The lowest BCUT2D eigenvalue weighted by Crippen LogP contribution is -2.52. The van der Waals surface area contributed by atoms with Gasteiger partial charge in [0.2, 0.25) is 5.91 Å². The minimum atomic E-state index is -3.51. The van der Waals surface area contributed by atoms with E-state index in [-0.39, 0.29) is 18.4 Å². The van der Waals surface area contributed by atoms with Gasteiger partial charge in [-0.15, -0.1) is 11.3 Å². The number of piperidine rings is 1. The molecule has 3 aromatic heterocycles. The molecule has 0 bridgehead atoms. The molecule has 2 saturated heterocycles. The Kier molecular flexibility index (Phi) is 6.02. The Morgan fingerprint density at radius 1 is 1.09 bits per heavy atom. The molecule has 2 aliphatic rings. The van der Waals surface area contributed by atoms with E-state index in [1.165, 1.54) is 15.6 Å². The molecule has 0 aromatic carbocycles. The van der Waals surface area contributed by atoms with E-state index in [2.05, 4.69) is 16.1 Å². The average Bonchev–Trinajstić information content (AvgIpc) is 3.49. The summed E-state index contributed by atoms with van der Waals surface area (Å²) < 4.78 is 29.6. The lowest BCUT2D eigenvalue weighted by Gasteiger charge is -2.38. The molecule has 10 heteroatoms. The smallest absolute Gasteiger partial charge is 0.252 e. The van der Waals surface area contributed by atoms with Crippen LogP contribution in [-0.2, 0) is 21.4 Å². The van der Waals surface area contributed by atoms with E-state index in [4.69, 9.17) is 0 Å². The van der Waals surface area contributed by atoms with Crippen LogP contribution >= 0.6 is 11.3 Å². The van der Waals surface area contributed by atoms with Gasteiger partial charge in [0.1, 0.15) is 9.86 Å². The molecule has 0 spiro atoms. The molecule has 3 aromatic rings. The summed E-state index contributed by atoms with van der Waals surface area (Å²) in [6.07, 6.45) is 5.51. The van der Waals surface area contributed by atoms with Crippen molar-refractivity contribution in [3.8, 4) is 0 Å². The molecule has 32 heavy (non-hydrogen) atoms. The molecule has 1 unspecified atom stereocenters. The zero-order valence-electron chi connectivity index (χ0n) is 17.8. The fourth-order valence-electron chi connectivity index (χ4n) is 4.58. The van der Waals surface area contributed by atoms with Crippen molar-refractivity contribution in [2.24, 2.45) is 5.92 Å². The quantitative estimate of drug-likeness (QED) is 0.567. The largest absolute Gasteiger partial charge is 0.340 e. The molecule has 170 valence electrons. The molecule has 5 rings (SSSR count). The van der Waals surface area contributed by atoms with Crippen LogP contribution in [-0.4, -0.2) is 77.1 Å². The number of amides is 1. The van der Waals surface area contributed by atoms with Crippen LogP contribution in [0.15, 0.2) is 52.3 Å². The molecule has 2 fully saturated rings. The van der Waals surface area contributed by atoms with E-state index in [0.29, 0.717) is 23.8 Å². The highest BCUT2D eigenvalue weighted by Crippen LogP contribution is 2.27. The van der Waals surface area contributed by atoms with E-state index in [1.54, 1.807) is 17.5 Å². The fraction of sp³-hybridized carbons (Fsp3) is 0.455. The summed E-state index contributed by atoms with van der Waals surface area (Å²) in [5.41, 5.74) is 1.97. The molecule has 0 N–H and O–H groups in total. The third-order valence-corrected chi connectivity index (χ3v) is 9.54. The second kappa shape index (κ2) is 8.93. The van der Waals surface area contributed by atoms with Crippen molar-refractivity contribution in [3.63, 3.8) is 0 Å². The van der Waals surface area contributed by atoms with E-state index < -0.39 is 10.0 Å². The molecule has 2 aliphatic heterocycles. The molecule has 0 saturated carbocycles. The Morgan fingerprint density at radius 2 is 1.94 bits per heavy atom. The molecule has 0 aliphatic carbocycles. The lowest BCUT2D eigenvalue weighted by atomic mass is 9.98. The van der Waals surface area contributed by atoms with Gasteiger partial charge in [0.15, 0.2) is 0 Å². The SMILES string of the molecule is O=C(C1CCCN(S(=O)(=O)c2cccs2)C1)N1CCN(Cc2cn3ccccc3n2)CC1. The maximum Gasteiger partial charge on any atom is 0.252 e. The van der Waals surface area contributed by atoms with Gasteiger partial charge in [0, 0.05) is 58.2 Å². The number of carbonyl (C=O) groups is 1. The van der Waals surface area contributed by atoms with E-state index in [1.807, 2.05) is 33.7 Å². The predicted octanol–water partition coefficient (Wildman–Crippen LogP) is 2.14. The van der Waals surface area contributed by atoms with Gasteiger partial charge >= 0.3 is 0 Å². The summed E-state index contributed by atoms with van der Waals surface area (Å²) in [5, 5.41) is 1.77. The molecule has 1 amide bonds. The Bertz CT molecular complexity index is 1150. The maximum atomic E-state index is 13.2. The number of piperazine rings is 1. The van der Waals surface area contributed by atoms with Crippen LogP contribution in [0, 0.1) is 5.92 Å². The van der Waals surface area contributed by atoms with Crippen LogP contribution in [0.25, 0.3) is 5.65 Å². The molecule has 5 heterocycles. The second-order valence-electron chi connectivity index (χ2n) is 8.43. The summed E-state index contributed by atoms with van der Waals surface area (Å²) in [6, 6.07) is 9.34. The summed E-state index contributed by atoms with van der Waals surface area (Å²) in [5.74, 6) is -0.174. The highest BCUT2D eigenvalue weighted by atomic mass is 32.2. The van der Waals surface area contributed by atoms with Crippen LogP contribution < -0.4 is 0 Å². The molecular weight excluding hydrogens is 446 g/mol. The molecule has 1 atom stereocenters. The van der Waals surface area contributed by atoms with Crippen molar-refractivity contribution in [1.82, 2.24) is 23.5 Å². The van der Waals surface area contributed by atoms with Crippen molar-refractivity contribution in [2.75, 3.05) is 39.3 Å². The zero-order valence-corrected chi connectivity index (χ0v) is 19.5. The number of hydrogen-bond donors (Lipinski definition) is 0. The molecule has 0 radical (unpaired) electrons. The van der Waals surface area contributed by atoms with Gasteiger partial charge in [-0.3, -0.25) is 9.69 Å². The Hall–Kier alpha value is -2.27. The third kappa shape index (κ3) is 4.32. The van der Waals surface area contributed by atoms with Gasteiger partial charge in [-0.2, -0.15) is 4.31 Å². The summed E-state index contributed by atoms with van der Waals surface area (Å²) in [7, 11) is -3.51. The highest BCUT2D eigenvalue weighted by Gasteiger charge is 2.36. The topological polar surface area (TPSA) is 78.2 Å². The summed E-state index contributed by atoms with van der Waals surface area (Å²) in [4.78, 5) is 22.1. The standard InChI is InChI=1S/C22H27N5O3S2/c28-22(18-5-3-9-27(15-18)32(29,30)21-7-4-14-31-21)25-12-10-24(11-13-25)16-19-17-26-8-2-1-6-20(26)23-19/h1-2,4,6-8,14,17-18H,3,5,9-13,15-16H2. The number of aromatic nitrogens is 2. The second-order valence-corrected chi connectivity index (χ2v) is 11.5. The Labute approximate surface area is 192 Å². The van der Waals surface area contributed by atoms with Crippen molar-refractivity contribution in [1.29, 1.82) is 0 Å². The zero-order chi connectivity index (χ0) is 22.1. The van der Waals surface area contributed by atoms with Gasteiger partial charge in [0.25, 0.3) is 10.0 Å². The monoisotopic (exact) mass is 473 g/mol. The van der Waals surface area contributed by atoms with Crippen LogP contribution in [0.3, 0.4) is 0 Å². The fourth-order valence-corrected chi connectivity index (χ4v) is 7.25. The number of carbonyl (C=O) groups excluding carboxylic acids is 1. The number of rotatable bonds is 5. The van der Waals surface area contributed by atoms with Gasteiger partial charge < -0.3 is 9.30 Å². The van der Waals surface area contributed by atoms with Crippen molar-refractivity contribution in [2.45, 2.75) is 23.6 Å². The maximum absolute atomic E-state index is 13.2. The number of thiophene rings is 1. The van der Waals surface area contributed by atoms with Crippen LogP contribution in [0.2, 0.25) is 0 Å². The number of nitrogens with zero attached hydrogens (tertiary/aromatic N) is 5. The number of imidazole rings is 1. The first kappa shape index (κ1) is 21.6. The molecular formula is C22H27N5O3S2. The summed E-state index contributed by atoms with van der Waals surface area (Å²) >= 11 is 1.23. The van der Waals surface area contributed by atoms with Gasteiger partial charge in [-0.25, -0.2) is 13.4 Å². The number of pyridine rings is 1. The summed E-state index contributed by atoms with van der Waals surface area (Å²) in [6.45, 7) is 4.45. The lowest BCUT2D eigenvalue weighted by molar-refractivity contribution is -0.138. The van der Waals surface area contributed by atoms with E-state index >= 15 is 0 Å². The Morgan fingerprint density at radius 3 is 2.69 bits per heavy atom. The first-order valence-corrected chi connectivity index (χ1v) is 13.3. The Balaban J connectivity index is 1.17. The minimum absolute atomic E-state index is 0.0865. The van der Waals surface area contributed by atoms with Gasteiger partial charge in [-0.1, -0.05) is 12.1 Å². The minimum Gasteiger partial charge on any atom is -0.340 e. The highest BCUT2D eigenvalue weighted by molar-refractivity contribution is 7.91. The van der Waals surface area contributed by atoms with Crippen LogP contribution in [0.4, 0.5) is 0 Å². The number of sulfonamides is 1. The van der Waals surface area contributed by atoms with Crippen molar-refractivity contribution >= 4 is 32.9 Å². The first-order valence-electron chi connectivity index (χ1n) is 11.0. The number of fused-ring (bicyclic) bond motifs is 1. The van der Waals surface area contributed by atoms with E-state index in [9.17, 15) is 13.2 Å². The average molecular weight is 474 g/mol. The normalized spacial score (nSPS) is 21.2.